The molecule has 4 nitrogen and oxygen atoms in total. The second kappa shape index (κ2) is 5.14. The second-order valence-corrected chi connectivity index (χ2v) is 4.26. The van der Waals surface area contributed by atoms with Crippen LogP contribution in [0.4, 0.5) is 5.82 Å². The first-order chi connectivity index (χ1) is 8.67. The molecule has 94 valence electrons. The SMILES string of the molecule is CCc1ccccc1-c1nc(C)c(C)c(NN)n1. The molecule has 0 amide bonds. The van der Waals surface area contributed by atoms with E-state index in [1.807, 2.05) is 32.0 Å². The van der Waals surface area contributed by atoms with Gasteiger partial charge in [-0.3, -0.25) is 0 Å². The van der Waals surface area contributed by atoms with E-state index in [1.54, 1.807) is 0 Å². The Bertz CT molecular complexity index is 564. The van der Waals surface area contributed by atoms with Gasteiger partial charge < -0.3 is 5.43 Å². The summed E-state index contributed by atoms with van der Waals surface area (Å²) in [5.74, 6) is 6.91. The number of aryl methyl sites for hydroxylation is 2. The number of benzene rings is 1. The molecule has 18 heavy (non-hydrogen) atoms. The Morgan fingerprint density at radius 3 is 2.56 bits per heavy atom. The molecule has 0 aliphatic carbocycles. The molecule has 0 unspecified atom stereocenters. The fraction of sp³-hybridized carbons (Fsp3) is 0.286. The van der Waals surface area contributed by atoms with Crippen molar-refractivity contribution in [1.82, 2.24) is 9.97 Å². The Morgan fingerprint density at radius 1 is 1.17 bits per heavy atom. The van der Waals surface area contributed by atoms with Crippen LogP contribution in [-0.4, -0.2) is 9.97 Å². The molecule has 0 spiro atoms. The molecule has 0 aliphatic rings. The standard InChI is InChI=1S/C14H18N4/c1-4-11-7-5-6-8-12(11)14-16-10(3)9(2)13(17-14)18-15/h5-8H,4,15H2,1-3H3,(H,16,17,18). The zero-order valence-corrected chi connectivity index (χ0v) is 11.0. The van der Waals surface area contributed by atoms with E-state index < -0.39 is 0 Å². The molecule has 1 aromatic carbocycles. The number of anilines is 1. The lowest BCUT2D eigenvalue weighted by atomic mass is 10.0. The van der Waals surface area contributed by atoms with E-state index in [0.29, 0.717) is 5.82 Å². The average Bonchev–Trinajstić information content (AvgIpc) is 2.41. The van der Waals surface area contributed by atoms with Crippen LogP contribution in [0.3, 0.4) is 0 Å². The smallest absolute Gasteiger partial charge is 0.162 e. The fourth-order valence-electron chi connectivity index (χ4n) is 1.94. The van der Waals surface area contributed by atoms with E-state index in [9.17, 15) is 0 Å². The molecule has 0 saturated heterocycles. The van der Waals surface area contributed by atoms with Gasteiger partial charge in [0.15, 0.2) is 5.82 Å². The van der Waals surface area contributed by atoms with E-state index in [2.05, 4.69) is 28.4 Å². The molecular formula is C14H18N4. The van der Waals surface area contributed by atoms with Gasteiger partial charge in [0.1, 0.15) is 5.82 Å². The van der Waals surface area contributed by atoms with Gasteiger partial charge in [0, 0.05) is 16.8 Å². The van der Waals surface area contributed by atoms with E-state index in [1.165, 1.54) is 5.56 Å². The minimum Gasteiger partial charge on any atom is -0.308 e. The predicted molar refractivity (Wildman–Crippen MR) is 74.1 cm³/mol. The fourth-order valence-corrected chi connectivity index (χ4v) is 1.94. The molecule has 0 atom stereocenters. The van der Waals surface area contributed by atoms with Crippen LogP contribution < -0.4 is 11.3 Å². The topological polar surface area (TPSA) is 63.8 Å². The Hall–Kier alpha value is -1.94. The monoisotopic (exact) mass is 242 g/mol. The van der Waals surface area contributed by atoms with Gasteiger partial charge in [0.05, 0.1) is 0 Å². The van der Waals surface area contributed by atoms with Crippen molar-refractivity contribution in [3.8, 4) is 11.4 Å². The normalized spacial score (nSPS) is 10.4. The number of hydrazine groups is 1. The van der Waals surface area contributed by atoms with E-state index in [0.717, 1.165) is 29.1 Å². The maximum atomic E-state index is 5.50. The van der Waals surface area contributed by atoms with Gasteiger partial charge in [0.2, 0.25) is 0 Å². The molecule has 1 heterocycles. The zero-order valence-electron chi connectivity index (χ0n) is 11.0. The summed E-state index contributed by atoms with van der Waals surface area (Å²) >= 11 is 0. The van der Waals surface area contributed by atoms with Gasteiger partial charge in [-0.2, -0.15) is 0 Å². The number of nitrogens with zero attached hydrogens (tertiary/aromatic N) is 2. The zero-order chi connectivity index (χ0) is 13.1. The number of nitrogen functional groups attached to an aromatic ring is 1. The number of nitrogens with two attached hydrogens (primary N) is 1. The molecule has 3 N–H and O–H groups in total. The Balaban J connectivity index is 2.61. The van der Waals surface area contributed by atoms with Crippen LogP contribution in [0, 0.1) is 13.8 Å². The molecule has 0 bridgehead atoms. The van der Waals surface area contributed by atoms with Crippen molar-refractivity contribution in [2.24, 2.45) is 5.84 Å². The van der Waals surface area contributed by atoms with Gasteiger partial charge in [0.25, 0.3) is 0 Å². The van der Waals surface area contributed by atoms with Gasteiger partial charge in [-0.1, -0.05) is 31.2 Å². The van der Waals surface area contributed by atoms with E-state index in [-0.39, 0.29) is 0 Å². The summed E-state index contributed by atoms with van der Waals surface area (Å²) in [6.45, 7) is 6.05. The first-order valence-electron chi connectivity index (χ1n) is 6.07. The third kappa shape index (κ3) is 2.19. The van der Waals surface area contributed by atoms with Gasteiger partial charge in [-0.05, 0) is 25.8 Å². The molecule has 0 radical (unpaired) electrons. The van der Waals surface area contributed by atoms with E-state index in [4.69, 9.17) is 5.84 Å². The van der Waals surface area contributed by atoms with Crippen molar-refractivity contribution in [2.45, 2.75) is 27.2 Å². The van der Waals surface area contributed by atoms with Crippen LogP contribution in [0.15, 0.2) is 24.3 Å². The number of hydrogen-bond donors (Lipinski definition) is 2. The maximum absolute atomic E-state index is 5.50. The summed E-state index contributed by atoms with van der Waals surface area (Å²) in [6.07, 6.45) is 0.956. The van der Waals surface area contributed by atoms with Gasteiger partial charge in [-0.15, -0.1) is 0 Å². The van der Waals surface area contributed by atoms with Crippen molar-refractivity contribution in [2.75, 3.05) is 5.43 Å². The summed E-state index contributed by atoms with van der Waals surface area (Å²) in [5, 5.41) is 0. The molecular weight excluding hydrogens is 224 g/mol. The third-order valence-electron chi connectivity index (χ3n) is 3.17. The van der Waals surface area contributed by atoms with Gasteiger partial charge in [-0.25, -0.2) is 15.8 Å². The molecule has 0 aliphatic heterocycles. The quantitative estimate of drug-likeness (QED) is 0.641. The first kappa shape index (κ1) is 12.5. The van der Waals surface area contributed by atoms with Crippen molar-refractivity contribution in [1.29, 1.82) is 0 Å². The van der Waals surface area contributed by atoms with E-state index >= 15 is 0 Å². The molecule has 2 rings (SSSR count). The van der Waals surface area contributed by atoms with Crippen LogP contribution in [0.25, 0.3) is 11.4 Å². The van der Waals surface area contributed by atoms with Crippen molar-refractivity contribution < 1.29 is 0 Å². The lowest BCUT2D eigenvalue weighted by molar-refractivity contribution is 1.04. The predicted octanol–water partition coefficient (Wildman–Crippen LogP) is 2.61. The maximum Gasteiger partial charge on any atom is 0.162 e. The molecule has 1 aromatic heterocycles. The highest BCUT2D eigenvalue weighted by Crippen LogP contribution is 2.24. The van der Waals surface area contributed by atoms with Crippen LogP contribution in [0.1, 0.15) is 23.7 Å². The van der Waals surface area contributed by atoms with Crippen molar-refractivity contribution in [3.63, 3.8) is 0 Å². The Morgan fingerprint density at radius 2 is 1.89 bits per heavy atom. The van der Waals surface area contributed by atoms with Gasteiger partial charge >= 0.3 is 0 Å². The molecule has 4 heteroatoms. The van der Waals surface area contributed by atoms with Crippen LogP contribution >= 0.6 is 0 Å². The van der Waals surface area contributed by atoms with Crippen molar-refractivity contribution in [3.05, 3.63) is 41.1 Å². The van der Waals surface area contributed by atoms with Crippen LogP contribution in [0.2, 0.25) is 0 Å². The number of rotatable bonds is 3. The first-order valence-corrected chi connectivity index (χ1v) is 6.07. The highest BCUT2D eigenvalue weighted by atomic mass is 15.3. The lowest BCUT2D eigenvalue weighted by Gasteiger charge is -2.11. The number of hydrogen-bond acceptors (Lipinski definition) is 4. The second-order valence-electron chi connectivity index (χ2n) is 4.26. The summed E-state index contributed by atoms with van der Waals surface area (Å²) in [4.78, 5) is 9.04. The Labute approximate surface area is 107 Å². The van der Waals surface area contributed by atoms with Crippen LogP contribution in [-0.2, 0) is 6.42 Å². The highest BCUT2D eigenvalue weighted by Gasteiger charge is 2.11. The Kier molecular flexibility index (Phi) is 3.58. The van der Waals surface area contributed by atoms with Crippen LogP contribution in [0.5, 0.6) is 0 Å². The number of nitrogens with one attached hydrogen (secondary N) is 1. The third-order valence-corrected chi connectivity index (χ3v) is 3.17. The van der Waals surface area contributed by atoms with Crippen molar-refractivity contribution >= 4 is 5.82 Å². The molecule has 2 aromatic rings. The average molecular weight is 242 g/mol. The summed E-state index contributed by atoms with van der Waals surface area (Å²) in [5.41, 5.74) is 6.87. The molecule has 0 saturated carbocycles. The summed E-state index contributed by atoms with van der Waals surface area (Å²) < 4.78 is 0. The largest absolute Gasteiger partial charge is 0.308 e. The lowest BCUT2D eigenvalue weighted by Crippen LogP contribution is -2.12. The number of aromatic nitrogens is 2. The minimum atomic E-state index is 0.684. The summed E-state index contributed by atoms with van der Waals surface area (Å²) in [6, 6.07) is 8.18. The minimum absolute atomic E-state index is 0.684. The summed E-state index contributed by atoms with van der Waals surface area (Å²) in [7, 11) is 0. The highest BCUT2D eigenvalue weighted by molar-refractivity contribution is 5.63. The molecule has 0 fully saturated rings.